The number of hydrogen-bond donors (Lipinski definition) is 1. The van der Waals surface area contributed by atoms with Gasteiger partial charge in [-0.25, -0.2) is 0 Å². The van der Waals surface area contributed by atoms with Crippen molar-refractivity contribution in [2.75, 3.05) is 0 Å². The van der Waals surface area contributed by atoms with Crippen molar-refractivity contribution in [3.63, 3.8) is 0 Å². The van der Waals surface area contributed by atoms with E-state index >= 15 is 0 Å². The van der Waals surface area contributed by atoms with Crippen molar-refractivity contribution in [2.24, 2.45) is 40.2 Å². The molecular formula is C33H39ClN2O3. The van der Waals surface area contributed by atoms with Crippen LogP contribution in [0, 0.1) is 45.8 Å². The molecule has 5 nitrogen and oxygen atoms in total. The summed E-state index contributed by atoms with van der Waals surface area (Å²) in [4.78, 5) is 24.0. The van der Waals surface area contributed by atoms with Gasteiger partial charge in [-0.2, -0.15) is 5.26 Å². The standard InChI is InChI=1S/C33H39ClN2O3/c1-20(37)39-24-13-15-32(2)22(18-24)8-10-26-29-12-11-28(33(29,3)16-14-30(26)32)25(27(19-35)31(36)38)9-7-21-5-4-6-23(34)17-21/h4-9,17,24,26,28-30H,10-16,18H2,1-3H3,(H2,36,38)/b9-7+,27-25+/t24-,26-,28?,29-,30-,32-,33+/m0/s1. The summed E-state index contributed by atoms with van der Waals surface area (Å²) in [5.74, 6) is 0.942. The van der Waals surface area contributed by atoms with Crippen LogP contribution in [-0.2, 0) is 14.3 Å². The van der Waals surface area contributed by atoms with Gasteiger partial charge in [0.05, 0.1) is 0 Å². The fraction of sp³-hybridized carbons (Fsp3) is 0.545. The number of nitriles is 1. The van der Waals surface area contributed by atoms with Crippen molar-refractivity contribution in [1.82, 2.24) is 0 Å². The van der Waals surface area contributed by atoms with E-state index in [0.29, 0.717) is 22.8 Å². The molecule has 7 atom stereocenters. The Bertz CT molecular complexity index is 1310. The molecular weight excluding hydrogens is 508 g/mol. The second-order valence-electron chi connectivity index (χ2n) is 12.6. The summed E-state index contributed by atoms with van der Waals surface area (Å²) in [5.41, 5.74) is 9.13. The number of rotatable bonds is 5. The van der Waals surface area contributed by atoms with Crippen LogP contribution >= 0.6 is 11.6 Å². The Balaban J connectivity index is 1.45. The van der Waals surface area contributed by atoms with E-state index in [1.165, 1.54) is 12.5 Å². The Morgan fingerprint density at radius 1 is 1.15 bits per heavy atom. The van der Waals surface area contributed by atoms with E-state index < -0.39 is 5.91 Å². The molecule has 4 aliphatic carbocycles. The molecule has 6 heteroatoms. The monoisotopic (exact) mass is 546 g/mol. The second kappa shape index (κ2) is 10.6. The lowest BCUT2D eigenvalue weighted by molar-refractivity contribution is -0.148. The van der Waals surface area contributed by atoms with Crippen molar-refractivity contribution >= 4 is 29.6 Å². The highest BCUT2D eigenvalue weighted by molar-refractivity contribution is 6.30. The number of primary amides is 1. The van der Waals surface area contributed by atoms with Crippen LogP contribution in [0.3, 0.4) is 0 Å². The average molecular weight is 547 g/mol. The maximum Gasteiger partial charge on any atom is 0.302 e. The number of carbonyl (C=O) groups excluding carboxylic acids is 2. The molecule has 1 unspecified atom stereocenters. The predicted molar refractivity (Wildman–Crippen MR) is 153 cm³/mol. The molecule has 0 spiro atoms. The van der Waals surface area contributed by atoms with Gasteiger partial charge in [-0.1, -0.05) is 61.4 Å². The van der Waals surface area contributed by atoms with Gasteiger partial charge in [0.25, 0.3) is 5.91 Å². The number of fused-ring (bicyclic) bond motifs is 5. The Morgan fingerprint density at radius 3 is 2.64 bits per heavy atom. The number of benzene rings is 1. The molecule has 0 radical (unpaired) electrons. The van der Waals surface area contributed by atoms with Crippen LogP contribution in [0.15, 0.2) is 53.1 Å². The van der Waals surface area contributed by atoms with Gasteiger partial charge < -0.3 is 10.5 Å². The van der Waals surface area contributed by atoms with Gasteiger partial charge in [0, 0.05) is 18.4 Å². The van der Waals surface area contributed by atoms with Gasteiger partial charge in [0.15, 0.2) is 0 Å². The highest BCUT2D eigenvalue weighted by atomic mass is 35.5. The predicted octanol–water partition coefficient (Wildman–Crippen LogP) is 7.17. The second-order valence-corrected chi connectivity index (χ2v) is 13.0. The van der Waals surface area contributed by atoms with Gasteiger partial charge >= 0.3 is 5.97 Å². The Labute approximate surface area is 237 Å². The Kier molecular flexibility index (Phi) is 7.55. The van der Waals surface area contributed by atoms with Gasteiger partial charge in [-0.15, -0.1) is 0 Å². The summed E-state index contributed by atoms with van der Waals surface area (Å²) >= 11 is 6.20. The normalized spacial score (nSPS) is 36.1. The van der Waals surface area contributed by atoms with Crippen LogP contribution < -0.4 is 5.73 Å². The number of allylic oxidation sites excluding steroid dienone is 3. The zero-order chi connectivity index (χ0) is 27.9. The van der Waals surface area contributed by atoms with E-state index in [1.54, 1.807) is 0 Å². The van der Waals surface area contributed by atoms with Crippen molar-refractivity contribution in [3.8, 4) is 6.07 Å². The number of halogens is 1. The number of ether oxygens (including phenoxy) is 1. The van der Waals surface area contributed by atoms with Gasteiger partial charge in [0.1, 0.15) is 17.7 Å². The summed E-state index contributed by atoms with van der Waals surface area (Å²) in [7, 11) is 0. The molecule has 3 saturated carbocycles. The van der Waals surface area contributed by atoms with Crippen LogP contribution in [0.2, 0.25) is 5.02 Å². The summed E-state index contributed by atoms with van der Waals surface area (Å²) < 4.78 is 5.60. The van der Waals surface area contributed by atoms with Gasteiger partial charge in [-0.3, -0.25) is 9.59 Å². The van der Waals surface area contributed by atoms with Crippen molar-refractivity contribution in [3.05, 3.63) is 63.7 Å². The van der Waals surface area contributed by atoms with E-state index in [1.807, 2.05) is 36.4 Å². The van der Waals surface area contributed by atoms with Crippen molar-refractivity contribution in [1.29, 1.82) is 5.26 Å². The third-order valence-corrected chi connectivity index (χ3v) is 11.0. The molecule has 0 saturated heterocycles. The molecule has 0 aliphatic heterocycles. The minimum atomic E-state index is -0.661. The molecule has 3 fully saturated rings. The minimum Gasteiger partial charge on any atom is -0.462 e. The zero-order valence-corrected chi connectivity index (χ0v) is 24.0. The third kappa shape index (κ3) is 4.97. The van der Waals surface area contributed by atoms with Crippen LogP contribution in [0.1, 0.15) is 77.7 Å². The van der Waals surface area contributed by atoms with Crippen molar-refractivity contribution in [2.45, 2.75) is 78.2 Å². The topological polar surface area (TPSA) is 93.2 Å². The Hall–Kier alpha value is -2.84. The lowest BCUT2D eigenvalue weighted by Crippen LogP contribution is -2.50. The quantitative estimate of drug-likeness (QED) is 0.139. The molecule has 0 aromatic heterocycles. The van der Waals surface area contributed by atoms with E-state index in [2.05, 4.69) is 26.0 Å². The largest absolute Gasteiger partial charge is 0.462 e. The highest BCUT2D eigenvalue weighted by Gasteiger charge is 2.59. The summed E-state index contributed by atoms with van der Waals surface area (Å²) in [5, 5.41) is 10.6. The number of nitrogens with zero attached hydrogens (tertiary/aromatic N) is 1. The fourth-order valence-corrected chi connectivity index (χ4v) is 9.10. The number of carbonyl (C=O) groups is 2. The van der Waals surface area contributed by atoms with Crippen molar-refractivity contribution < 1.29 is 14.3 Å². The van der Waals surface area contributed by atoms with Crippen LogP contribution in [0.5, 0.6) is 0 Å². The highest BCUT2D eigenvalue weighted by Crippen LogP contribution is 2.67. The summed E-state index contributed by atoms with van der Waals surface area (Å²) in [6.45, 7) is 6.32. The van der Waals surface area contributed by atoms with E-state index in [0.717, 1.165) is 62.5 Å². The molecule has 5 rings (SSSR count). The molecule has 2 N–H and O–H groups in total. The molecule has 0 bridgehead atoms. The lowest BCUT2D eigenvalue weighted by Gasteiger charge is -2.58. The first-order valence-corrected chi connectivity index (χ1v) is 14.7. The first-order valence-electron chi connectivity index (χ1n) is 14.3. The Morgan fingerprint density at radius 2 is 1.95 bits per heavy atom. The first-order chi connectivity index (χ1) is 18.6. The van der Waals surface area contributed by atoms with Crippen LogP contribution in [-0.4, -0.2) is 18.0 Å². The van der Waals surface area contributed by atoms with E-state index in [4.69, 9.17) is 22.1 Å². The summed E-state index contributed by atoms with van der Waals surface area (Å²) in [6.07, 6.45) is 14.4. The number of nitrogens with two attached hydrogens (primary N) is 1. The molecule has 1 aromatic carbocycles. The van der Waals surface area contributed by atoms with Gasteiger partial charge in [-0.05, 0) is 103 Å². The maximum absolute atomic E-state index is 12.4. The third-order valence-electron chi connectivity index (χ3n) is 10.7. The fourth-order valence-electron chi connectivity index (χ4n) is 8.91. The SMILES string of the molecule is CC(=O)O[C@H]1CC[C@@]2(C)C(=CC[C@@H]3[C@@H]2CC[C@]2(C)C(C(/C=C/c4cccc(Cl)c4)=C(\C#N)C(N)=O)CC[C@@H]32)C1. The molecule has 1 aromatic rings. The average Bonchev–Trinajstić information content (AvgIpc) is 3.23. The molecule has 0 heterocycles. The molecule has 39 heavy (non-hydrogen) atoms. The number of amides is 1. The van der Waals surface area contributed by atoms with Gasteiger partial charge in [0.2, 0.25) is 0 Å². The minimum absolute atomic E-state index is 0.000253. The first kappa shape index (κ1) is 27.7. The number of hydrogen-bond acceptors (Lipinski definition) is 4. The van der Waals surface area contributed by atoms with E-state index in [9.17, 15) is 14.9 Å². The van der Waals surface area contributed by atoms with Crippen LogP contribution in [0.4, 0.5) is 0 Å². The molecule has 206 valence electrons. The zero-order valence-electron chi connectivity index (χ0n) is 23.2. The molecule has 1 amide bonds. The maximum atomic E-state index is 12.4. The van der Waals surface area contributed by atoms with E-state index in [-0.39, 0.29) is 34.4 Å². The lowest BCUT2D eigenvalue weighted by atomic mass is 9.47. The van der Waals surface area contributed by atoms with Crippen LogP contribution in [0.25, 0.3) is 6.08 Å². The smallest absolute Gasteiger partial charge is 0.302 e. The molecule has 4 aliphatic rings. The number of esters is 1. The summed E-state index contributed by atoms with van der Waals surface area (Å²) in [6, 6.07) is 9.69.